The van der Waals surface area contributed by atoms with Gasteiger partial charge in [-0.15, -0.1) is 0 Å². The molecule has 1 unspecified atom stereocenters. The first kappa shape index (κ1) is 14.0. The summed E-state index contributed by atoms with van der Waals surface area (Å²) in [5.41, 5.74) is 0.622. The Labute approximate surface area is 118 Å². The average molecular weight is 268 g/mol. The predicted molar refractivity (Wildman–Crippen MR) is 74.7 cm³/mol. The van der Waals surface area contributed by atoms with Crippen LogP contribution < -0.4 is 10.2 Å². The summed E-state index contributed by atoms with van der Waals surface area (Å²) in [7, 11) is 0. The second-order valence-electron chi connectivity index (χ2n) is 5.41. The van der Waals surface area contributed by atoms with Gasteiger partial charge in [0.25, 0.3) is 0 Å². The van der Waals surface area contributed by atoms with Gasteiger partial charge >= 0.3 is 0 Å². The summed E-state index contributed by atoms with van der Waals surface area (Å²) >= 11 is 0. The van der Waals surface area contributed by atoms with Crippen molar-refractivity contribution < 1.29 is 4.79 Å². The Kier molecular flexibility index (Phi) is 3.74. The molecule has 102 valence electrons. The molecule has 5 heteroatoms. The average Bonchev–Trinajstić information content (AvgIpc) is 2.42. The number of anilines is 1. The summed E-state index contributed by atoms with van der Waals surface area (Å²) in [5, 5.41) is 21.1. The first-order chi connectivity index (χ1) is 9.51. The smallest absolute Gasteiger partial charge is 0.245 e. The molecule has 0 bridgehead atoms. The van der Waals surface area contributed by atoms with Gasteiger partial charge in [0.1, 0.15) is 12.1 Å². The molecule has 1 N–H and O–H groups in total. The van der Waals surface area contributed by atoms with Crippen molar-refractivity contribution in [2.75, 3.05) is 11.4 Å². The number of amides is 1. The molecule has 0 saturated carbocycles. The topological polar surface area (TPSA) is 79.9 Å². The van der Waals surface area contributed by atoms with Crippen LogP contribution in [0.15, 0.2) is 24.3 Å². The number of carbonyl (C=O) groups is 1. The number of nitriles is 2. The zero-order valence-electron chi connectivity index (χ0n) is 11.6. The second kappa shape index (κ2) is 5.32. The van der Waals surface area contributed by atoms with Gasteiger partial charge in [-0.25, -0.2) is 0 Å². The summed E-state index contributed by atoms with van der Waals surface area (Å²) in [5.74, 6) is -0.162. The highest BCUT2D eigenvalue weighted by Crippen LogP contribution is 2.30. The normalized spacial score (nSPS) is 21.1. The maximum Gasteiger partial charge on any atom is 0.245 e. The van der Waals surface area contributed by atoms with Crippen LogP contribution in [0, 0.1) is 22.7 Å². The highest BCUT2D eigenvalue weighted by molar-refractivity contribution is 6.00. The molecule has 0 aromatic heterocycles. The minimum Gasteiger partial charge on any atom is -0.303 e. The Morgan fingerprint density at radius 3 is 2.75 bits per heavy atom. The monoisotopic (exact) mass is 268 g/mol. The lowest BCUT2D eigenvalue weighted by Gasteiger charge is -2.45. The van der Waals surface area contributed by atoms with E-state index in [1.807, 2.05) is 19.9 Å². The van der Waals surface area contributed by atoms with Crippen molar-refractivity contribution in [3.8, 4) is 12.1 Å². The molecule has 2 rings (SSSR count). The SMILES string of the molecule is CC1(C)CNC(CC#N)C(=O)N1c1ccccc1C#N. The van der Waals surface area contributed by atoms with E-state index in [0.717, 1.165) is 0 Å². The lowest BCUT2D eigenvalue weighted by Crippen LogP contribution is -2.65. The molecule has 1 aromatic carbocycles. The number of nitrogens with zero attached hydrogens (tertiary/aromatic N) is 3. The molecule has 1 aliphatic heterocycles. The summed E-state index contributed by atoms with van der Waals surface area (Å²) < 4.78 is 0. The van der Waals surface area contributed by atoms with Gasteiger partial charge in [0, 0.05) is 6.54 Å². The molecule has 1 amide bonds. The van der Waals surface area contributed by atoms with E-state index in [1.54, 1.807) is 29.2 Å². The van der Waals surface area contributed by atoms with Gasteiger partial charge in [-0.3, -0.25) is 4.79 Å². The van der Waals surface area contributed by atoms with E-state index >= 15 is 0 Å². The predicted octanol–water partition coefficient (Wildman–Crippen LogP) is 1.56. The molecule has 1 aromatic rings. The first-order valence-corrected chi connectivity index (χ1v) is 6.45. The van der Waals surface area contributed by atoms with Crippen molar-refractivity contribution in [2.45, 2.75) is 31.8 Å². The highest BCUT2D eigenvalue weighted by atomic mass is 16.2. The van der Waals surface area contributed by atoms with Crippen molar-refractivity contribution in [1.82, 2.24) is 5.32 Å². The van der Waals surface area contributed by atoms with Crippen LogP contribution in [-0.2, 0) is 4.79 Å². The molecule has 0 radical (unpaired) electrons. The fraction of sp³-hybridized carbons (Fsp3) is 0.400. The van der Waals surface area contributed by atoms with E-state index in [2.05, 4.69) is 11.4 Å². The molecule has 0 spiro atoms. The third-order valence-electron chi connectivity index (χ3n) is 3.47. The van der Waals surface area contributed by atoms with Crippen molar-refractivity contribution >= 4 is 11.6 Å². The van der Waals surface area contributed by atoms with Crippen LogP contribution >= 0.6 is 0 Å². The quantitative estimate of drug-likeness (QED) is 0.882. The van der Waals surface area contributed by atoms with Crippen molar-refractivity contribution in [1.29, 1.82) is 10.5 Å². The second-order valence-corrected chi connectivity index (χ2v) is 5.41. The van der Waals surface area contributed by atoms with Crippen LogP contribution in [0.5, 0.6) is 0 Å². The zero-order valence-corrected chi connectivity index (χ0v) is 11.6. The number of carbonyl (C=O) groups excluding carboxylic acids is 1. The fourth-order valence-corrected chi connectivity index (χ4v) is 2.45. The Morgan fingerprint density at radius 2 is 2.10 bits per heavy atom. The molecule has 1 fully saturated rings. The minimum absolute atomic E-state index is 0.125. The number of hydrogen-bond acceptors (Lipinski definition) is 4. The summed E-state index contributed by atoms with van der Waals surface area (Å²) in [6.07, 6.45) is 0.125. The molecular weight excluding hydrogens is 252 g/mol. The van der Waals surface area contributed by atoms with Crippen LogP contribution in [-0.4, -0.2) is 24.0 Å². The summed E-state index contributed by atoms with van der Waals surface area (Å²) in [6, 6.07) is 10.7. The zero-order chi connectivity index (χ0) is 14.8. The van der Waals surface area contributed by atoms with Crippen LogP contribution in [0.1, 0.15) is 25.8 Å². The number of rotatable bonds is 2. The van der Waals surface area contributed by atoms with E-state index in [4.69, 9.17) is 5.26 Å². The Balaban J connectivity index is 2.47. The molecule has 5 nitrogen and oxygen atoms in total. The third kappa shape index (κ3) is 2.36. The van der Waals surface area contributed by atoms with Crippen molar-refractivity contribution in [3.05, 3.63) is 29.8 Å². The molecule has 0 aliphatic carbocycles. The van der Waals surface area contributed by atoms with Gasteiger partial charge in [-0.2, -0.15) is 10.5 Å². The maximum atomic E-state index is 12.6. The summed E-state index contributed by atoms with van der Waals surface area (Å²) in [6.45, 7) is 4.45. The van der Waals surface area contributed by atoms with Gasteiger partial charge in [-0.1, -0.05) is 12.1 Å². The molecule has 1 saturated heterocycles. The number of piperazine rings is 1. The molecule has 1 heterocycles. The van der Waals surface area contributed by atoms with Crippen molar-refractivity contribution in [3.63, 3.8) is 0 Å². The maximum absolute atomic E-state index is 12.6. The molecule has 20 heavy (non-hydrogen) atoms. The van der Waals surface area contributed by atoms with Gasteiger partial charge in [0.05, 0.1) is 29.3 Å². The first-order valence-electron chi connectivity index (χ1n) is 6.45. The van der Waals surface area contributed by atoms with E-state index in [0.29, 0.717) is 17.8 Å². The van der Waals surface area contributed by atoms with Crippen molar-refractivity contribution in [2.24, 2.45) is 0 Å². The number of benzene rings is 1. The van der Waals surface area contributed by atoms with E-state index in [1.165, 1.54) is 0 Å². The lowest BCUT2D eigenvalue weighted by atomic mass is 9.94. The van der Waals surface area contributed by atoms with E-state index in [9.17, 15) is 10.1 Å². The highest BCUT2D eigenvalue weighted by Gasteiger charge is 2.41. The lowest BCUT2D eigenvalue weighted by molar-refractivity contribution is -0.123. The Morgan fingerprint density at radius 1 is 1.40 bits per heavy atom. The van der Waals surface area contributed by atoms with Gasteiger partial charge < -0.3 is 10.2 Å². The Hall–Kier alpha value is -2.37. The largest absolute Gasteiger partial charge is 0.303 e. The van der Waals surface area contributed by atoms with Gasteiger partial charge in [-0.05, 0) is 26.0 Å². The van der Waals surface area contributed by atoms with Crippen LogP contribution in [0.4, 0.5) is 5.69 Å². The van der Waals surface area contributed by atoms with Gasteiger partial charge in [0.15, 0.2) is 0 Å². The molecule has 1 aliphatic rings. The van der Waals surface area contributed by atoms with Crippen LogP contribution in [0.2, 0.25) is 0 Å². The standard InChI is InChI=1S/C15H16N4O/c1-15(2)10-18-12(7-8-16)14(20)19(15)13-6-4-3-5-11(13)9-17/h3-6,12,18H,7,10H2,1-2H3. The Bertz CT molecular complexity index is 609. The van der Waals surface area contributed by atoms with Gasteiger partial charge in [0.2, 0.25) is 5.91 Å². The number of hydrogen-bond donors (Lipinski definition) is 1. The third-order valence-corrected chi connectivity index (χ3v) is 3.47. The summed E-state index contributed by atoms with van der Waals surface area (Å²) in [4.78, 5) is 14.2. The number of para-hydroxylation sites is 1. The fourth-order valence-electron chi connectivity index (χ4n) is 2.45. The van der Waals surface area contributed by atoms with E-state index < -0.39 is 11.6 Å². The van der Waals surface area contributed by atoms with E-state index in [-0.39, 0.29) is 12.3 Å². The molecular formula is C15H16N4O. The van der Waals surface area contributed by atoms with Crippen LogP contribution in [0.3, 0.4) is 0 Å². The van der Waals surface area contributed by atoms with Crippen LogP contribution in [0.25, 0.3) is 0 Å². The molecule has 1 atom stereocenters. The number of nitrogens with one attached hydrogen (secondary N) is 1. The minimum atomic E-state index is -0.514.